The van der Waals surface area contributed by atoms with Crippen molar-refractivity contribution in [3.05, 3.63) is 12.2 Å². The normalized spacial score (nSPS) is 49.8. The zero-order valence-corrected chi connectivity index (χ0v) is 7.19. The molecule has 62 valence electrons. The molecule has 0 aliphatic heterocycles. The molecule has 1 heteroatoms. The maximum absolute atomic E-state index is 10.2. The van der Waals surface area contributed by atoms with E-state index in [2.05, 4.69) is 13.5 Å². The maximum Gasteiger partial charge on any atom is 0.0910 e. The standard InChI is InChI=1S/C10H16O/c1-8-7-9(2)5-3-4-6-10(8,9)11/h11H,1,3-7H2,2H3. The molecule has 2 aliphatic rings. The van der Waals surface area contributed by atoms with Gasteiger partial charge in [-0.1, -0.05) is 26.3 Å². The zero-order chi connectivity index (χ0) is 8.11. The predicted molar refractivity (Wildman–Crippen MR) is 45.3 cm³/mol. The molecule has 2 saturated carbocycles. The molecule has 0 amide bonds. The number of rotatable bonds is 0. The molecule has 1 N–H and O–H groups in total. The molecule has 2 rings (SSSR count). The van der Waals surface area contributed by atoms with Crippen LogP contribution in [-0.4, -0.2) is 10.7 Å². The van der Waals surface area contributed by atoms with Gasteiger partial charge in [-0.3, -0.25) is 0 Å². The lowest BCUT2D eigenvalue weighted by atomic mass is 9.49. The fourth-order valence-electron chi connectivity index (χ4n) is 2.75. The highest BCUT2D eigenvalue weighted by atomic mass is 16.3. The molecule has 0 spiro atoms. The van der Waals surface area contributed by atoms with Gasteiger partial charge in [0, 0.05) is 5.41 Å². The average Bonchev–Trinajstić information content (AvgIpc) is 1.96. The van der Waals surface area contributed by atoms with Gasteiger partial charge in [0.05, 0.1) is 5.60 Å². The van der Waals surface area contributed by atoms with E-state index < -0.39 is 5.60 Å². The summed E-state index contributed by atoms with van der Waals surface area (Å²) in [5.41, 5.74) is 0.771. The van der Waals surface area contributed by atoms with Crippen molar-refractivity contribution >= 4 is 0 Å². The molecule has 2 fully saturated rings. The number of hydrogen-bond donors (Lipinski definition) is 1. The van der Waals surface area contributed by atoms with Gasteiger partial charge >= 0.3 is 0 Å². The SMILES string of the molecule is C=C1CC2(C)CCCCC12O. The highest BCUT2D eigenvalue weighted by Gasteiger charge is 2.58. The third-order valence-corrected chi connectivity index (χ3v) is 3.70. The Kier molecular flexibility index (Phi) is 1.26. The summed E-state index contributed by atoms with van der Waals surface area (Å²) in [7, 11) is 0. The van der Waals surface area contributed by atoms with E-state index in [0.717, 1.165) is 18.4 Å². The van der Waals surface area contributed by atoms with Crippen molar-refractivity contribution < 1.29 is 5.11 Å². The lowest BCUT2D eigenvalue weighted by molar-refractivity contribution is -0.128. The first-order chi connectivity index (χ1) is 5.08. The van der Waals surface area contributed by atoms with Crippen LogP contribution in [0.5, 0.6) is 0 Å². The Morgan fingerprint density at radius 3 is 2.45 bits per heavy atom. The molecule has 0 aromatic rings. The third kappa shape index (κ3) is 0.698. The van der Waals surface area contributed by atoms with Gasteiger partial charge in [-0.25, -0.2) is 0 Å². The molecule has 0 radical (unpaired) electrons. The van der Waals surface area contributed by atoms with Crippen molar-refractivity contribution in [1.29, 1.82) is 0 Å². The molecule has 0 aromatic carbocycles. The summed E-state index contributed by atoms with van der Waals surface area (Å²) in [6.07, 6.45) is 5.63. The minimum atomic E-state index is -0.481. The Balaban J connectivity index is 2.27. The Morgan fingerprint density at radius 1 is 1.36 bits per heavy atom. The summed E-state index contributed by atoms with van der Waals surface area (Å²) in [5.74, 6) is 0. The molecule has 11 heavy (non-hydrogen) atoms. The van der Waals surface area contributed by atoms with E-state index >= 15 is 0 Å². The van der Waals surface area contributed by atoms with Gasteiger partial charge in [-0.15, -0.1) is 0 Å². The second-order valence-corrected chi connectivity index (χ2v) is 4.41. The quantitative estimate of drug-likeness (QED) is 0.528. The van der Waals surface area contributed by atoms with Gasteiger partial charge in [0.15, 0.2) is 0 Å². The van der Waals surface area contributed by atoms with Crippen LogP contribution in [0, 0.1) is 5.41 Å². The number of aliphatic hydroxyl groups is 1. The van der Waals surface area contributed by atoms with E-state index in [-0.39, 0.29) is 5.41 Å². The zero-order valence-electron chi connectivity index (χ0n) is 7.19. The first kappa shape index (κ1) is 7.35. The first-order valence-corrected chi connectivity index (χ1v) is 4.49. The lowest BCUT2D eigenvalue weighted by Crippen LogP contribution is -2.58. The summed E-state index contributed by atoms with van der Waals surface area (Å²) in [5, 5.41) is 10.2. The van der Waals surface area contributed by atoms with Crippen LogP contribution in [0.15, 0.2) is 12.2 Å². The molecular formula is C10H16O. The summed E-state index contributed by atoms with van der Waals surface area (Å²) >= 11 is 0. The van der Waals surface area contributed by atoms with Crippen molar-refractivity contribution in [2.24, 2.45) is 5.41 Å². The van der Waals surface area contributed by atoms with Gasteiger partial charge in [0.25, 0.3) is 0 Å². The van der Waals surface area contributed by atoms with Crippen LogP contribution in [-0.2, 0) is 0 Å². The molecule has 0 bridgehead atoms. The van der Waals surface area contributed by atoms with Crippen LogP contribution in [0.3, 0.4) is 0 Å². The molecule has 0 heterocycles. The summed E-state index contributed by atoms with van der Waals surface area (Å²) in [4.78, 5) is 0. The van der Waals surface area contributed by atoms with Gasteiger partial charge in [0.2, 0.25) is 0 Å². The molecule has 2 aliphatic carbocycles. The minimum Gasteiger partial charge on any atom is -0.385 e. The smallest absolute Gasteiger partial charge is 0.0910 e. The van der Waals surface area contributed by atoms with Crippen LogP contribution in [0.2, 0.25) is 0 Å². The van der Waals surface area contributed by atoms with Crippen LogP contribution < -0.4 is 0 Å². The van der Waals surface area contributed by atoms with Crippen LogP contribution >= 0.6 is 0 Å². The molecule has 0 saturated heterocycles. The predicted octanol–water partition coefficient (Wildman–Crippen LogP) is 2.26. The van der Waals surface area contributed by atoms with Gasteiger partial charge < -0.3 is 5.11 Å². The summed E-state index contributed by atoms with van der Waals surface area (Å²) in [6, 6.07) is 0. The van der Waals surface area contributed by atoms with Crippen LogP contribution in [0.1, 0.15) is 39.0 Å². The third-order valence-electron chi connectivity index (χ3n) is 3.70. The molecule has 0 aromatic heterocycles. The van der Waals surface area contributed by atoms with Gasteiger partial charge in [0.1, 0.15) is 0 Å². The van der Waals surface area contributed by atoms with E-state index in [4.69, 9.17) is 0 Å². The molecular weight excluding hydrogens is 136 g/mol. The average molecular weight is 152 g/mol. The van der Waals surface area contributed by atoms with Crippen molar-refractivity contribution in [2.75, 3.05) is 0 Å². The fourth-order valence-corrected chi connectivity index (χ4v) is 2.75. The number of fused-ring (bicyclic) bond motifs is 1. The number of hydrogen-bond acceptors (Lipinski definition) is 1. The lowest BCUT2D eigenvalue weighted by Gasteiger charge is -2.59. The fraction of sp³-hybridized carbons (Fsp3) is 0.800. The molecule has 2 atom stereocenters. The van der Waals surface area contributed by atoms with Crippen molar-refractivity contribution in [1.82, 2.24) is 0 Å². The van der Waals surface area contributed by atoms with Crippen molar-refractivity contribution in [2.45, 2.75) is 44.6 Å². The van der Waals surface area contributed by atoms with E-state index in [1.165, 1.54) is 19.3 Å². The van der Waals surface area contributed by atoms with Crippen LogP contribution in [0.4, 0.5) is 0 Å². The topological polar surface area (TPSA) is 20.2 Å². The summed E-state index contributed by atoms with van der Waals surface area (Å²) in [6.45, 7) is 6.11. The van der Waals surface area contributed by atoms with Gasteiger partial charge in [-0.05, 0) is 24.8 Å². The van der Waals surface area contributed by atoms with E-state index in [1.54, 1.807) is 0 Å². The Bertz CT molecular complexity index is 209. The maximum atomic E-state index is 10.2. The van der Waals surface area contributed by atoms with E-state index in [9.17, 15) is 5.11 Å². The Labute approximate surface area is 68.1 Å². The Morgan fingerprint density at radius 2 is 2.00 bits per heavy atom. The largest absolute Gasteiger partial charge is 0.385 e. The molecule has 2 unspecified atom stereocenters. The minimum absolute atomic E-state index is 0.183. The second kappa shape index (κ2) is 1.89. The van der Waals surface area contributed by atoms with E-state index in [0.29, 0.717) is 0 Å². The van der Waals surface area contributed by atoms with Crippen LogP contribution in [0.25, 0.3) is 0 Å². The van der Waals surface area contributed by atoms with Crippen molar-refractivity contribution in [3.63, 3.8) is 0 Å². The van der Waals surface area contributed by atoms with Crippen molar-refractivity contribution in [3.8, 4) is 0 Å². The highest BCUT2D eigenvalue weighted by molar-refractivity contribution is 5.32. The molecule has 1 nitrogen and oxygen atoms in total. The second-order valence-electron chi connectivity index (χ2n) is 4.41. The first-order valence-electron chi connectivity index (χ1n) is 4.49. The monoisotopic (exact) mass is 152 g/mol. The Hall–Kier alpha value is -0.300. The van der Waals surface area contributed by atoms with Gasteiger partial charge in [-0.2, -0.15) is 0 Å². The summed E-state index contributed by atoms with van der Waals surface area (Å²) < 4.78 is 0. The highest BCUT2D eigenvalue weighted by Crippen LogP contribution is 2.60. The van der Waals surface area contributed by atoms with E-state index in [1.807, 2.05) is 0 Å².